The summed E-state index contributed by atoms with van der Waals surface area (Å²) in [6.07, 6.45) is 0.782. The molecule has 1 aliphatic rings. The maximum Gasteiger partial charge on any atom is 0.200 e. The third-order valence-electron chi connectivity index (χ3n) is 2.03. The topological polar surface area (TPSA) is 47.3 Å². The van der Waals surface area contributed by atoms with Gasteiger partial charge in [-0.25, -0.2) is 0 Å². The lowest BCUT2D eigenvalue weighted by Crippen LogP contribution is -2.38. The predicted molar refractivity (Wildman–Crippen MR) is 50.1 cm³/mol. The quantitative estimate of drug-likeness (QED) is 0.754. The molecule has 0 bridgehead atoms. The van der Waals surface area contributed by atoms with E-state index in [-0.39, 0.29) is 5.60 Å². The molecule has 0 amide bonds. The first-order chi connectivity index (χ1) is 5.99. The summed E-state index contributed by atoms with van der Waals surface area (Å²) in [6.45, 7) is 4.51. The summed E-state index contributed by atoms with van der Waals surface area (Å²) in [5, 5.41) is 13.8. The van der Waals surface area contributed by atoms with Crippen LogP contribution in [0.3, 0.4) is 0 Å². The monoisotopic (exact) mass is 246 g/mol. The van der Waals surface area contributed by atoms with Crippen molar-refractivity contribution >= 4 is 15.9 Å². The summed E-state index contributed by atoms with van der Waals surface area (Å²) in [6, 6.07) is 0. The SMILES string of the molecule is CC1(C)Cn2ncc(Br)c2C(O)O1. The van der Waals surface area contributed by atoms with Crippen molar-refractivity contribution in [3.05, 3.63) is 16.4 Å². The number of hydrogen-bond donors (Lipinski definition) is 1. The second kappa shape index (κ2) is 2.80. The van der Waals surface area contributed by atoms with Crippen molar-refractivity contribution in [2.75, 3.05) is 0 Å². The zero-order valence-corrected chi connectivity index (χ0v) is 9.08. The number of aliphatic hydroxyl groups is 1. The molecule has 5 heteroatoms. The highest BCUT2D eigenvalue weighted by Gasteiger charge is 2.33. The molecule has 0 fully saturated rings. The highest BCUT2D eigenvalue weighted by molar-refractivity contribution is 9.10. The number of ether oxygens (including phenoxy) is 1. The van der Waals surface area contributed by atoms with Gasteiger partial charge in [0.25, 0.3) is 0 Å². The first-order valence-corrected chi connectivity index (χ1v) is 4.86. The minimum Gasteiger partial charge on any atom is -0.363 e. The van der Waals surface area contributed by atoms with Crippen LogP contribution in [0.25, 0.3) is 0 Å². The molecule has 1 N–H and O–H groups in total. The number of nitrogens with zero attached hydrogens (tertiary/aromatic N) is 2. The molecular weight excluding hydrogens is 236 g/mol. The van der Waals surface area contributed by atoms with Gasteiger partial charge in [0, 0.05) is 0 Å². The molecule has 1 atom stereocenters. The van der Waals surface area contributed by atoms with Crippen LogP contribution in [0.2, 0.25) is 0 Å². The van der Waals surface area contributed by atoms with E-state index in [2.05, 4.69) is 21.0 Å². The highest BCUT2D eigenvalue weighted by Crippen LogP contribution is 2.33. The van der Waals surface area contributed by atoms with Gasteiger partial charge >= 0.3 is 0 Å². The number of aromatic nitrogens is 2. The van der Waals surface area contributed by atoms with E-state index in [4.69, 9.17) is 4.74 Å². The summed E-state index contributed by atoms with van der Waals surface area (Å²) in [5.41, 5.74) is 0.331. The first kappa shape index (κ1) is 9.18. The van der Waals surface area contributed by atoms with E-state index in [0.29, 0.717) is 12.2 Å². The molecule has 2 rings (SSSR count). The van der Waals surface area contributed by atoms with Crippen molar-refractivity contribution < 1.29 is 9.84 Å². The van der Waals surface area contributed by atoms with Crippen LogP contribution < -0.4 is 0 Å². The second-order valence-electron chi connectivity index (χ2n) is 3.77. The van der Waals surface area contributed by atoms with Crippen molar-refractivity contribution in [3.8, 4) is 0 Å². The Kier molecular flexibility index (Phi) is 1.98. The highest BCUT2D eigenvalue weighted by atomic mass is 79.9. The number of rotatable bonds is 0. The lowest BCUT2D eigenvalue weighted by Gasteiger charge is -2.34. The Hall–Kier alpha value is -0.390. The van der Waals surface area contributed by atoms with E-state index in [9.17, 15) is 5.11 Å². The second-order valence-corrected chi connectivity index (χ2v) is 4.62. The van der Waals surface area contributed by atoms with Gasteiger partial charge in [0.2, 0.25) is 0 Å². The van der Waals surface area contributed by atoms with Gasteiger partial charge in [0.15, 0.2) is 6.29 Å². The van der Waals surface area contributed by atoms with E-state index in [1.165, 1.54) is 0 Å². The summed E-state index contributed by atoms with van der Waals surface area (Å²) in [4.78, 5) is 0. The number of hydrogen-bond acceptors (Lipinski definition) is 3. The molecule has 0 aliphatic carbocycles. The van der Waals surface area contributed by atoms with Gasteiger partial charge in [0.1, 0.15) is 5.69 Å². The Morgan fingerprint density at radius 1 is 1.77 bits per heavy atom. The summed E-state index contributed by atoms with van der Waals surface area (Å²) < 4.78 is 7.95. The number of halogens is 1. The van der Waals surface area contributed by atoms with Gasteiger partial charge in [-0.1, -0.05) is 0 Å². The van der Waals surface area contributed by atoms with Gasteiger partial charge in [-0.2, -0.15) is 5.10 Å². The van der Waals surface area contributed by atoms with Crippen molar-refractivity contribution in [1.29, 1.82) is 0 Å². The average molecular weight is 247 g/mol. The molecule has 1 aliphatic heterocycles. The Morgan fingerprint density at radius 3 is 3.15 bits per heavy atom. The Morgan fingerprint density at radius 2 is 2.46 bits per heavy atom. The minimum absolute atomic E-state index is 0.363. The predicted octanol–water partition coefficient (Wildman–Crippen LogP) is 1.45. The molecule has 13 heavy (non-hydrogen) atoms. The molecule has 0 spiro atoms. The Balaban J connectivity index is 2.44. The molecule has 72 valence electrons. The first-order valence-electron chi connectivity index (χ1n) is 4.07. The van der Waals surface area contributed by atoms with Crippen molar-refractivity contribution in [3.63, 3.8) is 0 Å². The summed E-state index contributed by atoms with van der Waals surface area (Å²) in [7, 11) is 0. The third-order valence-corrected chi connectivity index (χ3v) is 2.64. The molecule has 0 aromatic carbocycles. The number of fused-ring (bicyclic) bond motifs is 1. The van der Waals surface area contributed by atoms with Gasteiger partial charge in [-0.05, 0) is 29.8 Å². The molecule has 1 unspecified atom stereocenters. The van der Waals surface area contributed by atoms with E-state index < -0.39 is 6.29 Å². The minimum atomic E-state index is -0.888. The molecule has 0 saturated heterocycles. The average Bonchev–Trinajstić information content (AvgIpc) is 2.28. The summed E-state index contributed by atoms with van der Waals surface area (Å²) >= 11 is 3.31. The number of aliphatic hydroxyl groups excluding tert-OH is 1. The Bertz CT molecular complexity index is 335. The normalized spacial score (nSPS) is 25.7. The third kappa shape index (κ3) is 1.51. The zero-order chi connectivity index (χ0) is 9.64. The van der Waals surface area contributed by atoms with Crippen molar-refractivity contribution in [2.24, 2.45) is 0 Å². The standard InChI is InChI=1S/C8H11BrN2O2/c1-8(2)4-11-6(7(12)13-8)5(9)3-10-11/h3,7,12H,4H2,1-2H3. The fourth-order valence-corrected chi connectivity index (χ4v) is 1.99. The largest absolute Gasteiger partial charge is 0.363 e. The molecule has 4 nitrogen and oxygen atoms in total. The van der Waals surface area contributed by atoms with Gasteiger partial charge in [0.05, 0.1) is 22.8 Å². The van der Waals surface area contributed by atoms with Crippen LogP contribution in [0, 0.1) is 0 Å². The lowest BCUT2D eigenvalue weighted by molar-refractivity contribution is -0.203. The van der Waals surface area contributed by atoms with Crippen molar-refractivity contribution in [1.82, 2.24) is 9.78 Å². The smallest absolute Gasteiger partial charge is 0.200 e. The molecule has 1 aromatic heterocycles. The lowest BCUT2D eigenvalue weighted by atomic mass is 10.1. The van der Waals surface area contributed by atoms with Crippen LogP contribution in [0.5, 0.6) is 0 Å². The molecule has 0 radical (unpaired) electrons. The van der Waals surface area contributed by atoms with Crippen LogP contribution in [0.15, 0.2) is 10.7 Å². The van der Waals surface area contributed by atoms with E-state index in [0.717, 1.165) is 4.47 Å². The molecule has 0 saturated carbocycles. The van der Waals surface area contributed by atoms with Gasteiger partial charge in [-0.3, -0.25) is 4.68 Å². The maximum atomic E-state index is 9.65. The van der Waals surface area contributed by atoms with Crippen LogP contribution in [-0.4, -0.2) is 20.5 Å². The fraction of sp³-hybridized carbons (Fsp3) is 0.625. The summed E-state index contributed by atoms with van der Waals surface area (Å²) in [5.74, 6) is 0. The van der Waals surface area contributed by atoms with E-state index in [1.54, 1.807) is 10.9 Å². The van der Waals surface area contributed by atoms with Crippen molar-refractivity contribution in [2.45, 2.75) is 32.3 Å². The van der Waals surface area contributed by atoms with Gasteiger partial charge < -0.3 is 9.84 Å². The molecule has 1 aromatic rings. The van der Waals surface area contributed by atoms with Crippen LogP contribution >= 0.6 is 15.9 Å². The maximum absolute atomic E-state index is 9.65. The molecular formula is C8H11BrN2O2. The van der Waals surface area contributed by atoms with E-state index in [1.807, 2.05) is 13.8 Å². The Labute approximate surface area is 84.6 Å². The van der Waals surface area contributed by atoms with Crippen LogP contribution in [-0.2, 0) is 11.3 Å². The fourth-order valence-electron chi connectivity index (χ4n) is 1.50. The van der Waals surface area contributed by atoms with E-state index >= 15 is 0 Å². The van der Waals surface area contributed by atoms with Crippen LogP contribution in [0.4, 0.5) is 0 Å². The van der Waals surface area contributed by atoms with Gasteiger partial charge in [-0.15, -0.1) is 0 Å². The molecule has 2 heterocycles. The van der Waals surface area contributed by atoms with Crippen LogP contribution in [0.1, 0.15) is 25.8 Å². The zero-order valence-electron chi connectivity index (χ0n) is 7.49.